The van der Waals surface area contributed by atoms with Gasteiger partial charge in [0.25, 0.3) is 11.8 Å². The Hall–Kier alpha value is -2.82. The van der Waals surface area contributed by atoms with Gasteiger partial charge in [-0.25, -0.2) is 5.01 Å². The third-order valence-electron chi connectivity index (χ3n) is 6.97. The first-order valence-electron chi connectivity index (χ1n) is 12.8. The number of methoxy groups -OCH3 is 1. The van der Waals surface area contributed by atoms with Gasteiger partial charge in [0.2, 0.25) is 0 Å². The van der Waals surface area contributed by atoms with Crippen LogP contribution in [0.1, 0.15) is 96.2 Å². The number of ether oxygens (including phenoxy) is 1. The predicted molar refractivity (Wildman–Crippen MR) is 137 cm³/mol. The van der Waals surface area contributed by atoms with Crippen molar-refractivity contribution >= 4 is 11.8 Å². The number of amides is 2. The van der Waals surface area contributed by atoms with E-state index in [0.29, 0.717) is 29.2 Å². The zero-order valence-corrected chi connectivity index (χ0v) is 21.4. The van der Waals surface area contributed by atoms with Crippen molar-refractivity contribution in [2.75, 3.05) is 7.11 Å². The second-order valence-electron chi connectivity index (χ2n) is 9.59. The van der Waals surface area contributed by atoms with Crippen molar-refractivity contribution in [2.24, 2.45) is 5.92 Å². The number of hydrogen-bond acceptors (Lipinski definition) is 3. The van der Waals surface area contributed by atoms with E-state index in [0.717, 1.165) is 42.4 Å². The van der Waals surface area contributed by atoms with Crippen LogP contribution in [0.3, 0.4) is 0 Å². The van der Waals surface area contributed by atoms with Crippen LogP contribution in [0.25, 0.3) is 0 Å². The van der Waals surface area contributed by atoms with Gasteiger partial charge in [-0.15, -0.1) is 0 Å². The van der Waals surface area contributed by atoms with Crippen LogP contribution in [0, 0.1) is 19.8 Å². The number of hydrogen-bond donors (Lipinski definition) is 1. The molecule has 5 heteroatoms. The highest BCUT2D eigenvalue weighted by Gasteiger charge is 2.34. The number of carbonyl (C=O) groups is 2. The molecule has 2 aromatic carbocycles. The standard InChI is InChI=1S/C29H40N2O3/c1-6-12-26(22-13-9-8-10-14-22)31(29(33)23-18-20(3)17-21(4)19-23)30-28(32)25-15-11-16-27(34-5)24(25)7-2/h11,15-19,22,26H,6-10,12-14H2,1-5H3,(H,30,32)/t26-/m0/s1. The van der Waals surface area contributed by atoms with E-state index in [1.165, 1.54) is 19.3 Å². The van der Waals surface area contributed by atoms with Gasteiger partial charge in [0, 0.05) is 16.7 Å². The first-order valence-corrected chi connectivity index (χ1v) is 12.8. The molecule has 1 aliphatic rings. The Balaban J connectivity index is 2.01. The molecule has 3 rings (SSSR count). The van der Waals surface area contributed by atoms with Crippen LogP contribution in [-0.4, -0.2) is 30.0 Å². The van der Waals surface area contributed by atoms with Crippen molar-refractivity contribution in [1.29, 1.82) is 0 Å². The lowest BCUT2D eigenvalue weighted by atomic mass is 9.81. The third-order valence-corrected chi connectivity index (χ3v) is 6.97. The highest BCUT2D eigenvalue weighted by Crippen LogP contribution is 2.32. The first-order chi connectivity index (χ1) is 16.4. The number of rotatable bonds is 8. The first kappa shape index (κ1) is 25.8. The van der Waals surface area contributed by atoms with E-state index < -0.39 is 0 Å². The molecule has 0 radical (unpaired) electrons. The number of nitrogens with zero attached hydrogens (tertiary/aromatic N) is 1. The molecular weight excluding hydrogens is 424 g/mol. The lowest BCUT2D eigenvalue weighted by Gasteiger charge is -2.39. The summed E-state index contributed by atoms with van der Waals surface area (Å²) in [7, 11) is 1.62. The molecule has 0 heterocycles. The molecule has 1 N–H and O–H groups in total. The monoisotopic (exact) mass is 464 g/mol. The maximum Gasteiger partial charge on any atom is 0.272 e. The zero-order chi connectivity index (χ0) is 24.7. The Morgan fingerprint density at radius 3 is 2.32 bits per heavy atom. The molecule has 0 aliphatic heterocycles. The van der Waals surface area contributed by atoms with Crippen LogP contribution in [0.5, 0.6) is 5.75 Å². The number of hydrazine groups is 1. The summed E-state index contributed by atoms with van der Waals surface area (Å²) in [6.07, 6.45) is 8.27. The molecule has 184 valence electrons. The largest absolute Gasteiger partial charge is 0.496 e. The van der Waals surface area contributed by atoms with E-state index in [-0.39, 0.29) is 17.9 Å². The number of carbonyl (C=O) groups excluding carboxylic acids is 2. The van der Waals surface area contributed by atoms with Crippen molar-refractivity contribution in [3.8, 4) is 5.75 Å². The molecule has 2 aromatic rings. The molecule has 34 heavy (non-hydrogen) atoms. The Labute approximate surface area is 204 Å². The Kier molecular flexibility index (Phi) is 9.14. The molecule has 2 amide bonds. The normalized spacial score (nSPS) is 15.0. The van der Waals surface area contributed by atoms with Gasteiger partial charge in [-0.05, 0) is 69.7 Å². The molecule has 1 fully saturated rings. The molecule has 0 unspecified atom stereocenters. The average molecular weight is 465 g/mol. The van der Waals surface area contributed by atoms with Crippen molar-refractivity contribution in [3.63, 3.8) is 0 Å². The van der Waals surface area contributed by atoms with Crippen molar-refractivity contribution in [1.82, 2.24) is 10.4 Å². The van der Waals surface area contributed by atoms with Gasteiger partial charge >= 0.3 is 0 Å². The van der Waals surface area contributed by atoms with Crippen LogP contribution in [0.15, 0.2) is 36.4 Å². The number of aryl methyl sites for hydroxylation is 2. The summed E-state index contributed by atoms with van der Waals surface area (Å²) in [5.74, 6) is 0.690. The Morgan fingerprint density at radius 2 is 1.74 bits per heavy atom. The average Bonchev–Trinajstić information content (AvgIpc) is 2.84. The maximum atomic E-state index is 13.9. The van der Waals surface area contributed by atoms with Crippen molar-refractivity contribution in [3.05, 3.63) is 64.2 Å². The molecular formula is C29H40N2O3. The zero-order valence-electron chi connectivity index (χ0n) is 21.4. The molecule has 0 bridgehead atoms. The van der Waals surface area contributed by atoms with Crippen LogP contribution >= 0.6 is 0 Å². The van der Waals surface area contributed by atoms with E-state index in [1.807, 2.05) is 51.1 Å². The van der Waals surface area contributed by atoms with Gasteiger partial charge in [-0.2, -0.15) is 0 Å². The van der Waals surface area contributed by atoms with Crippen molar-refractivity contribution in [2.45, 2.75) is 85.1 Å². The summed E-state index contributed by atoms with van der Waals surface area (Å²) < 4.78 is 5.50. The molecule has 0 spiro atoms. The number of benzene rings is 2. The molecule has 0 saturated heterocycles. The van der Waals surface area contributed by atoms with E-state index in [9.17, 15) is 9.59 Å². The SMILES string of the molecule is CCC[C@@H](C1CCCCC1)N(NC(=O)c1cccc(OC)c1CC)C(=O)c1cc(C)cc(C)c1. The van der Waals surface area contributed by atoms with Gasteiger partial charge in [0.05, 0.1) is 13.2 Å². The Bertz CT molecular complexity index is 975. The van der Waals surface area contributed by atoms with E-state index in [4.69, 9.17) is 4.74 Å². The summed E-state index contributed by atoms with van der Waals surface area (Å²) in [5.41, 5.74) is 7.18. The lowest BCUT2D eigenvalue weighted by molar-refractivity contribution is 0.0332. The van der Waals surface area contributed by atoms with Gasteiger partial charge < -0.3 is 4.74 Å². The number of nitrogens with one attached hydrogen (secondary N) is 1. The van der Waals surface area contributed by atoms with Crippen LogP contribution in [0.2, 0.25) is 0 Å². The molecule has 1 saturated carbocycles. The molecule has 1 aliphatic carbocycles. The van der Waals surface area contributed by atoms with E-state index >= 15 is 0 Å². The lowest BCUT2D eigenvalue weighted by Crippen LogP contribution is -2.55. The summed E-state index contributed by atoms with van der Waals surface area (Å²) in [6, 6.07) is 11.4. The minimum absolute atomic E-state index is 0.0294. The molecule has 0 aromatic heterocycles. The maximum absolute atomic E-state index is 13.9. The minimum atomic E-state index is -0.259. The van der Waals surface area contributed by atoms with E-state index in [2.05, 4.69) is 18.4 Å². The quantitative estimate of drug-likeness (QED) is 0.459. The highest BCUT2D eigenvalue weighted by molar-refractivity contribution is 6.00. The second kappa shape index (κ2) is 12.0. The fourth-order valence-electron chi connectivity index (χ4n) is 5.42. The van der Waals surface area contributed by atoms with Crippen LogP contribution < -0.4 is 10.2 Å². The molecule has 1 atom stereocenters. The van der Waals surface area contributed by atoms with Gasteiger partial charge in [0.15, 0.2) is 0 Å². The minimum Gasteiger partial charge on any atom is -0.496 e. The van der Waals surface area contributed by atoms with Crippen LogP contribution in [-0.2, 0) is 6.42 Å². The Morgan fingerprint density at radius 1 is 1.06 bits per heavy atom. The third kappa shape index (κ3) is 5.99. The summed E-state index contributed by atoms with van der Waals surface area (Å²) >= 11 is 0. The van der Waals surface area contributed by atoms with Gasteiger partial charge in [-0.1, -0.05) is 62.8 Å². The van der Waals surface area contributed by atoms with Gasteiger partial charge in [0.1, 0.15) is 5.75 Å². The fraction of sp³-hybridized carbons (Fsp3) is 0.517. The smallest absolute Gasteiger partial charge is 0.272 e. The van der Waals surface area contributed by atoms with E-state index in [1.54, 1.807) is 12.1 Å². The topological polar surface area (TPSA) is 58.6 Å². The second-order valence-corrected chi connectivity index (χ2v) is 9.59. The summed E-state index contributed by atoms with van der Waals surface area (Å²) in [5, 5.41) is 1.66. The predicted octanol–water partition coefficient (Wildman–Crippen LogP) is 6.41. The van der Waals surface area contributed by atoms with Crippen LogP contribution in [0.4, 0.5) is 0 Å². The summed E-state index contributed by atoms with van der Waals surface area (Å²) in [4.78, 5) is 27.5. The fourth-order valence-corrected chi connectivity index (χ4v) is 5.42. The summed E-state index contributed by atoms with van der Waals surface area (Å²) in [6.45, 7) is 8.16. The molecule has 5 nitrogen and oxygen atoms in total. The highest BCUT2D eigenvalue weighted by atomic mass is 16.5. The van der Waals surface area contributed by atoms with Crippen molar-refractivity contribution < 1.29 is 14.3 Å². The van der Waals surface area contributed by atoms with Gasteiger partial charge in [-0.3, -0.25) is 15.0 Å².